The molecule has 0 bridgehead atoms. The Balaban J connectivity index is 2.37. The van der Waals surface area contributed by atoms with Gasteiger partial charge < -0.3 is 9.64 Å². The first-order chi connectivity index (χ1) is 7.65. The zero-order valence-electron chi connectivity index (χ0n) is 10.9. The molecule has 0 aromatic heterocycles. The zero-order chi connectivity index (χ0) is 12.0. The van der Waals surface area contributed by atoms with E-state index in [0.717, 1.165) is 37.8 Å². The number of rotatable bonds is 4. The average molecular weight is 227 g/mol. The van der Waals surface area contributed by atoms with Crippen LogP contribution in [0, 0.1) is 11.8 Å². The maximum Gasteiger partial charge on any atom is 0.248 e. The Bertz CT molecular complexity index is 216. The topological polar surface area (TPSA) is 29.5 Å². The van der Waals surface area contributed by atoms with E-state index in [-0.39, 0.29) is 12.5 Å². The number of nitrogens with zero attached hydrogens (tertiary/aromatic N) is 1. The molecule has 1 rings (SSSR count). The van der Waals surface area contributed by atoms with E-state index in [0.29, 0.717) is 6.61 Å². The smallest absolute Gasteiger partial charge is 0.248 e. The lowest BCUT2D eigenvalue weighted by Crippen LogP contribution is -2.35. The van der Waals surface area contributed by atoms with Crippen molar-refractivity contribution in [3.63, 3.8) is 0 Å². The summed E-state index contributed by atoms with van der Waals surface area (Å²) in [5, 5.41) is 0. The second-order valence-electron chi connectivity index (χ2n) is 4.95. The van der Waals surface area contributed by atoms with Crippen LogP contribution in [-0.4, -0.2) is 37.1 Å². The van der Waals surface area contributed by atoms with Crippen LogP contribution in [-0.2, 0) is 9.53 Å². The van der Waals surface area contributed by atoms with Crippen molar-refractivity contribution in [3.8, 4) is 0 Å². The third kappa shape index (κ3) is 4.12. The maximum absolute atomic E-state index is 11.8. The molecule has 94 valence electrons. The molecule has 1 amide bonds. The van der Waals surface area contributed by atoms with Crippen molar-refractivity contribution in [2.45, 2.75) is 40.0 Å². The lowest BCUT2D eigenvalue weighted by Gasteiger charge is -2.21. The van der Waals surface area contributed by atoms with Gasteiger partial charge in [0.15, 0.2) is 0 Å². The fourth-order valence-electron chi connectivity index (χ4n) is 2.32. The molecule has 0 aromatic rings. The first-order valence-electron chi connectivity index (χ1n) is 6.50. The molecule has 16 heavy (non-hydrogen) atoms. The van der Waals surface area contributed by atoms with Crippen LogP contribution in [0.5, 0.6) is 0 Å². The molecule has 0 saturated carbocycles. The van der Waals surface area contributed by atoms with Crippen molar-refractivity contribution in [1.82, 2.24) is 4.90 Å². The lowest BCUT2D eigenvalue weighted by molar-refractivity contribution is -0.135. The predicted molar refractivity (Wildman–Crippen MR) is 65.3 cm³/mol. The number of hydrogen-bond donors (Lipinski definition) is 0. The van der Waals surface area contributed by atoms with E-state index in [4.69, 9.17) is 4.74 Å². The van der Waals surface area contributed by atoms with Gasteiger partial charge in [-0.2, -0.15) is 0 Å². The minimum atomic E-state index is 0.159. The molecule has 0 spiro atoms. The molecule has 3 heteroatoms. The molecule has 1 saturated heterocycles. The van der Waals surface area contributed by atoms with Gasteiger partial charge in [-0.1, -0.05) is 13.8 Å². The van der Waals surface area contributed by atoms with Gasteiger partial charge >= 0.3 is 0 Å². The molecule has 1 atom stereocenters. The van der Waals surface area contributed by atoms with Crippen LogP contribution >= 0.6 is 0 Å². The van der Waals surface area contributed by atoms with Crippen LogP contribution in [0.2, 0.25) is 0 Å². The molecule has 0 radical (unpaired) electrons. The van der Waals surface area contributed by atoms with Crippen LogP contribution < -0.4 is 0 Å². The van der Waals surface area contributed by atoms with E-state index in [2.05, 4.69) is 13.8 Å². The van der Waals surface area contributed by atoms with Crippen molar-refractivity contribution in [2.75, 3.05) is 26.3 Å². The highest BCUT2D eigenvalue weighted by Gasteiger charge is 2.21. The van der Waals surface area contributed by atoms with Gasteiger partial charge in [-0.15, -0.1) is 0 Å². The molecular formula is C13H25NO2. The first kappa shape index (κ1) is 13.5. The first-order valence-corrected chi connectivity index (χ1v) is 6.50. The van der Waals surface area contributed by atoms with Gasteiger partial charge in [-0.3, -0.25) is 4.79 Å². The van der Waals surface area contributed by atoms with Crippen LogP contribution in [0.4, 0.5) is 0 Å². The van der Waals surface area contributed by atoms with Gasteiger partial charge in [0.25, 0.3) is 0 Å². The van der Waals surface area contributed by atoms with Crippen molar-refractivity contribution >= 4 is 5.91 Å². The number of likely N-dealkylation sites (tertiary alicyclic amines) is 1. The Hall–Kier alpha value is -0.570. The summed E-state index contributed by atoms with van der Waals surface area (Å²) in [6.45, 7) is 9.18. The minimum Gasteiger partial charge on any atom is -0.372 e. The van der Waals surface area contributed by atoms with Crippen LogP contribution in [0.25, 0.3) is 0 Å². The normalized spacial score (nSPS) is 22.2. The molecule has 1 aliphatic rings. The maximum atomic E-state index is 11.8. The van der Waals surface area contributed by atoms with Gasteiger partial charge in [0.1, 0.15) is 6.61 Å². The summed E-state index contributed by atoms with van der Waals surface area (Å²) in [7, 11) is 0. The molecule has 0 aromatic carbocycles. The summed E-state index contributed by atoms with van der Waals surface area (Å²) in [6.07, 6.45) is 3.55. The highest BCUT2D eigenvalue weighted by atomic mass is 16.5. The summed E-state index contributed by atoms with van der Waals surface area (Å²) in [6, 6.07) is 0. The quantitative estimate of drug-likeness (QED) is 0.737. The van der Waals surface area contributed by atoms with Crippen LogP contribution in [0.1, 0.15) is 40.0 Å². The van der Waals surface area contributed by atoms with Crippen molar-refractivity contribution in [2.24, 2.45) is 11.8 Å². The summed E-state index contributed by atoms with van der Waals surface area (Å²) in [4.78, 5) is 13.8. The number of amides is 1. The molecular weight excluding hydrogens is 202 g/mol. The van der Waals surface area contributed by atoms with E-state index in [1.807, 2.05) is 11.8 Å². The van der Waals surface area contributed by atoms with Gasteiger partial charge in [-0.05, 0) is 38.0 Å². The molecule has 1 unspecified atom stereocenters. The highest BCUT2D eigenvalue weighted by molar-refractivity contribution is 5.77. The van der Waals surface area contributed by atoms with Gasteiger partial charge in [-0.25, -0.2) is 0 Å². The monoisotopic (exact) mass is 227 g/mol. The molecule has 3 nitrogen and oxygen atoms in total. The average Bonchev–Trinajstić information content (AvgIpc) is 2.51. The van der Waals surface area contributed by atoms with Crippen molar-refractivity contribution < 1.29 is 9.53 Å². The van der Waals surface area contributed by atoms with Gasteiger partial charge in [0.05, 0.1) is 0 Å². The number of ether oxygens (including phenoxy) is 1. The summed E-state index contributed by atoms with van der Waals surface area (Å²) in [5.41, 5.74) is 0. The predicted octanol–water partition coefficient (Wildman–Crippen LogP) is 2.31. The Labute approximate surface area is 99.1 Å². The second-order valence-corrected chi connectivity index (χ2v) is 4.95. The Morgan fingerprint density at radius 3 is 2.75 bits per heavy atom. The SMILES string of the molecule is CCOCC(=O)N1CCCC(C(C)C)CC1. The van der Waals surface area contributed by atoms with Gasteiger partial charge in [0, 0.05) is 19.7 Å². The highest BCUT2D eigenvalue weighted by Crippen LogP contribution is 2.24. The fraction of sp³-hybridized carbons (Fsp3) is 0.923. The van der Waals surface area contributed by atoms with E-state index in [1.165, 1.54) is 6.42 Å². The molecule has 0 aliphatic carbocycles. The van der Waals surface area contributed by atoms with Gasteiger partial charge in [0.2, 0.25) is 5.91 Å². The van der Waals surface area contributed by atoms with Crippen molar-refractivity contribution in [1.29, 1.82) is 0 Å². The number of hydrogen-bond acceptors (Lipinski definition) is 2. The summed E-state index contributed by atoms with van der Waals surface area (Å²) in [5.74, 6) is 1.68. The largest absolute Gasteiger partial charge is 0.372 e. The Kier molecular flexibility index (Phi) is 5.81. The van der Waals surface area contributed by atoms with Crippen LogP contribution in [0.3, 0.4) is 0 Å². The molecule has 0 N–H and O–H groups in total. The van der Waals surface area contributed by atoms with E-state index < -0.39 is 0 Å². The molecule has 1 fully saturated rings. The van der Waals surface area contributed by atoms with E-state index in [9.17, 15) is 4.79 Å². The Morgan fingerprint density at radius 2 is 2.12 bits per heavy atom. The summed E-state index contributed by atoms with van der Waals surface area (Å²) < 4.78 is 5.17. The number of carbonyl (C=O) groups is 1. The van der Waals surface area contributed by atoms with E-state index >= 15 is 0 Å². The minimum absolute atomic E-state index is 0.159. The van der Waals surface area contributed by atoms with Crippen molar-refractivity contribution in [3.05, 3.63) is 0 Å². The number of carbonyl (C=O) groups excluding carboxylic acids is 1. The molecule has 1 heterocycles. The van der Waals surface area contributed by atoms with E-state index in [1.54, 1.807) is 0 Å². The second kappa shape index (κ2) is 6.89. The third-order valence-corrected chi connectivity index (χ3v) is 3.50. The fourth-order valence-corrected chi connectivity index (χ4v) is 2.32. The lowest BCUT2D eigenvalue weighted by atomic mass is 9.89. The Morgan fingerprint density at radius 1 is 1.38 bits per heavy atom. The summed E-state index contributed by atoms with van der Waals surface area (Å²) >= 11 is 0. The standard InChI is InChI=1S/C13H25NO2/c1-4-16-10-13(15)14-8-5-6-12(7-9-14)11(2)3/h11-12H,4-10H2,1-3H3. The third-order valence-electron chi connectivity index (χ3n) is 3.50. The zero-order valence-corrected chi connectivity index (χ0v) is 10.9. The van der Waals surface area contributed by atoms with Crippen LogP contribution in [0.15, 0.2) is 0 Å². The molecule has 1 aliphatic heterocycles.